The number of aromatic nitrogens is 2. The van der Waals surface area contributed by atoms with Crippen molar-refractivity contribution in [2.24, 2.45) is 0 Å². The number of rotatable bonds is 13. The lowest BCUT2D eigenvalue weighted by molar-refractivity contribution is -0.120. The molecule has 0 atom stereocenters. The van der Waals surface area contributed by atoms with Crippen LogP contribution in [-0.4, -0.2) is 29.2 Å². The summed E-state index contributed by atoms with van der Waals surface area (Å²) in [4.78, 5) is 17.6. The van der Waals surface area contributed by atoms with Gasteiger partial charge in [-0.25, -0.2) is 4.98 Å². The standard InChI is InChI=1S/C35H35N3O3/c1-3-10-26-17-20-32(33(23-26)40-2)41-22-9-21-38-31-14-8-7-13-30(31)37-34(38)25-36-35(39)24-27-15-18-29(19-16-27)28-11-5-4-6-12-28/h3-8,11-20,23H,1,9-10,21-22,24-25H2,2H3,(H,36,39). The molecule has 0 unspecified atom stereocenters. The van der Waals surface area contributed by atoms with Gasteiger partial charge in [-0.15, -0.1) is 6.58 Å². The Bertz CT molecular complexity index is 1610. The maximum absolute atomic E-state index is 12.8. The monoisotopic (exact) mass is 545 g/mol. The fourth-order valence-electron chi connectivity index (χ4n) is 4.91. The van der Waals surface area contributed by atoms with Crippen LogP contribution in [0.2, 0.25) is 0 Å². The van der Waals surface area contributed by atoms with E-state index in [4.69, 9.17) is 14.5 Å². The van der Waals surface area contributed by atoms with E-state index in [9.17, 15) is 4.79 Å². The Kier molecular flexibility index (Phi) is 9.12. The second kappa shape index (κ2) is 13.5. The number of carbonyl (C=O) groups excluding carboxylic acids is 1. The molecule has 41 heavy (non-hydrogen) atoms. The van der Waals surface area contributed by atoms with Crippen molar-refractivity contribution in [3.05, 3.63) is 127 Å². The number of fused-ring (bicyclic) bond motifs is 1. The molecule has 0 aliphatic heterocycles. The van der Waals surface area contributed by atoms with Gasteiger partial charge in [0.15, 0.2) is 11.5 Å². The molecule has 1 amide bonds. The summed E-state index contributed by atoms with van der Waals surface area (Å²) in [7, 11) is 1.65. The third-order valence-corrected chi connectivity index (χ3v) is 6.99. The predicted octanol–water partition coefficient (Wildman–Crippen LogP) is 6.77. The van der Waals surface area contributed by atoms with Gasteiger partial charge in [0.05, 0.1) is 37.7 Å². The molecule has 0 bridgehead atoms. The Morgan fingerprint density at radius 2 is 1.63 bits per heavy atom. The number of allylic oxidation sites excluding steroid dienone is 1. The van der Waals surface area contributed by atoms with E-state index in [2.05, 4.69) is 46.8 Å². The second-order valence-corrected chi connectivity index (χ2v) is 9.86. The number of amides is 1. The van der Waals surface area contributed by atoms with Gasteiger partial charge in [-0.1, -0.05) is 78.9 Å². The minimum Gasteiger partial charge on any atom is -0.493 e. The van der Waals surface area contributed by atoms with Crippen LogP contribution in [0.25, 0.3) is 22.2 Å². The third kappa shape index (κ3) is 7.03. The Hall–Kier alpha value is -4.84. The molecule has 5 aromatic rings. The molecule has 0 spiro atoms. The van der Waals surface area contributed by atoms with Crippen LogP contribution in [0.15, 0.2) is 110 Å². The second-order valence-electron chi connectivity index (χ2n) is 9.86. The van der Waals surface area contributed by atoms with E-state index in [1.165, 1.54) is 0 Å². The fraction of sp³-hybridized carbons (Fsp3) is 0.200. The summed E-state index contributed by atoms with van der Waals surface area (Å²) >= 11 is 0. The van der Waals surface area contributed by atoms with Gasteiger partial charge in [0.25, 0.3) is 0 Å². The summed E-state index contributed by atoms with van der Waals surface area (Å²) in [6.45, 7) is 5.39. The van der Waals surface area contributed by atoms with Crippen molar-refractivity contribution in [3.63, 3.8) is 0 Å². The first-order valence-electron chi connectivity index (χ1n) is 13.9. The van der Waals surface area contributed by atoms with Crippen molar-refractivity contribution >= 4 is 16.9 Å². The number of aryl methyl sites for hydroxylation is 1. The number of benzene rings is 4. The van der Waals surface area contributed by atoms with Gasteiger partial charge in [-0.05, 0) is 59.4 Å². The minimum absolute atomic E-state index is 0.0357. The largest absolute Gasteiger partial charge is 0.493 e. The Morgan fingerprint density at radius 1 is 0.902 bits per heavy atom. The first-order valence-corrected chi connectivity index (χ1v) is 13.9. The van der Waals surface area contributed by atoms with Crippen molar-refractivity contribution in [2.75, 3.05) is 13.7 Å². The first kappa shape index (κ1) is 27.7. The molecular weight excluding hydrogens is 510 g/mol. The number of methoxy groups -OCH3 is 1. The molecule has 1 aromatic heterocycles. The van der Waals surface area contributed by atoms with Gasteiger partial charge in [0, 0.05) is 6.54 Å². The normalized spacial score (nSPS) is 10.9. The highest BCUT2D eigenvalue weighted by Gasteiger charge is 2.13. The number of ether oxygens (including phenoxy) is 2. The van der Waals surface area contributed by atoms with Crippen molar-refractivity contribution in [1.82, 2.24) is 14.9 Å². The maximum Gasteiger partial charge on any atom is 0.224 e. The molecule has 6 nitrogen and oxygen atoms in total. The number of hydrogen-bond donors (Lipinski definition) is 1. The van der Waals surface area contributed by atoms with Crippen LogP contribution in [0.4, 0.5) is 0 Å². The van der Waals surface area contributed by atoms with Gasteiger partial charge >= 0.3 is 0 Å². The van der Waals surface area contributed by atoms with Crippen molar-refractivity contribution in [1.29, 1.82) is 0 Å². The van der Waals surface area contributed by atoms with Crippen LogP contribution in [0.1, 0.15) is 23.4 Å². The Morgan fingerprint density at radius 3 is 2.41 bits per heavy atom. The number of nitrogens with zero attached hydrogens (tertiary/aromatic N) is 2. The smallest absolute Gasteiger partial charge is 0.224 e. The zero-order valence-corrected chi connectivity index (χ0v) is 23.4. The van der Waals surface area contributed by atoms with Gasteiger partial charge in [-0.2, -0.15) is 0 Å². The minimum atomic E-state index is -0.0357. The molecule has 5 rings (SSSR count). The Labute approximate surface area is 241 Å². The van der Waals surface area contributed by atoms with E-state index in [1.807, 2.05) is 72.8 Å². The number of hydrogen-bond acceptors (Lipinski definition) is 4. The summed E-state index contributed by atoms with van der Waals surface area (Å²) < 4.78 is 13.7. The lowest BCUT2D eigenvalue weighted by Crippen LogP contribution is -2.26. The van der Waals surface area contributed by atoms with Gasteiger partial charge < -0.3 is 19.4 Å². The average molecular weight is 546 g/mol. The molecule has 0 saturated heterocycles. The molecule has 0 aliphatic rings. The molecular formula is C35H35N3O3. The molecule has 0 fully saturated rings. The molecule has 0 saturated carbocycles. The zero-order chi connectivity index (χ0) is 28.4. The lowest BCUT2D eigenvalue weighted by atomic mass is 10.0. The molecule has 4 aromatic carbocycles. The molecule has 0 aliphatic carbocycles. The van der Waals surface area contributed by atoms with E-state index < -0.39 is 0 Å². The Balaban J connectivity index is 1.19. The van der Waals surface area contributed by atoms with E-state index in [-0.39, 0.29) is 5.91 Å². The van der Waals surface area contributed by atoms with Crippen LogP contribution < -0.4 is 14.8 Å². The van der Waals surface area contributed by atoms with Crippen LogP contribution in [0.5, 0.6) is 11.5 Å². The molecule has 6 heteroatoms. The summed E-state index contributed by atoms with van der Waals surface area (Å²) in [6, 6.07) is 32.4. The third-order valence-electron chi connectivity index (χ3n) is 6.99. The maximum atomic E-state index is 12.8. The van der Waals surface area contributed by atoms with Crippen molar-refractivity contribution < 1.29 is 14.3 Å². The quantitative estimate of drug-likeness (QED) is 0.131. The van der Waals surface area contributed by atoms with E-state index in [0.29, 0.717) is 26.1 Å². The van der Waals surface area contributed by atoms with Crippen molar-refractivity contribution in [2.45, 2.75) is 32.4 Å². The van der Waals surface area contributed by atoms with Gasteiger partial charge in [-0.3, -0.25) is 4.79 Å². The van der Waals surface area contributed by atoms with Crippen molar-refractivity contribution in [3.8, 4) is 22.6 Å². The first-order chi connectivity index (χ1) is 20.1. The number of carbonyl (C=O) groups is 1. The summed E-state index contributed by atoms with van der Waals surface area (Å²) in [5.41, 5.74) is 6.35. The molecule has 1 heterocycles. The molecule has 1 N–H and O–H groups in total. The van der Waals surface area contributed by atoms with Crippen LogP contribution in [0.3, 0.4) is 0 Å². The predicted molar refractivity (Wildman–Crippen MR) is 164 cm³/mol. The number of nitrogens with one attached hydrogen (secondary N) is 1. The molecule has 0 radical (unpaired) electrons. The lowest BCUT2D eigenvalue weighted by Gasteiger charge is -2.13. The highest BCUT2D eigenvalue weighted by Crippen LogP contribution is 2.28. The van der Waals surface area contributed by atoms with Gasteiger partial charge in [0.2, 0.25) is 5.91 Å². The van der Waals surface area contributed by atoms with Crippen LogP contribution in [-0.2, 0) is 30.7 Å². The summed E-state index contributed by atoms with van der Waals surface area (Å²) in [5, 5.41) is 3.06. The highest BCUT2D eigenvalue weighted by atomic mass is 16.5. The van der Waals surface area contributed by atoms with Crippen LogP contribution in [0, 0.1) is 0 Å². The van der Waals surface area contributed by atoms with Crippen LogP contribution >= 0.6 is 0 Å². The zero-order valence-electron chi connectivity index (χ0n) is 23.4. The fourth-order valence-corrected chi connectivity index (χ4v) is 4.91. The number of para-hydroxylation sites is 2. The van der Waals surface area contributed by atoms with Gasteiger partial charge in [0.1, 0.15) is 5.82 Å². The highest BCUT2D eigenvalue weighted by molar-refractivity contribution is 5.79. The van der Waals surface area contributed by atoms with E-state index in [1.54, 1.807) is 7.11 Å². The average Bonchev–Trinajstić information content (AvgIpc) is 3.37. The van der Waals surface area contributed by atoms with E-state index >= 15 is 0 Å². The topological polar surface area (TPSA) is 65.4 Å². The summed E-state index contributed by atoms with van der Waals surface area (Å²) in [5.74, 6) is 2.23. The SMILES string of the molecule is C=CCc1ccc(OCCCn2c(CNC(=O)Cc3ccc(-c4ccccc4)cc3)nc3ccccc32)c(OC)c1. The summed E-state index contributed by atoms with van der Waals surface area (Å²) in [6.07, 6.45) is 3.74. The van der Waals surface area contributed by atoms with E-state index in [0.717, 1.165) is 63.5 Å². The number of imidazole rings is 1. The molecule has 208 valence electrons.